The predicted octanol–water partition coefficient (Wildman–Crippen LogP) is 1.03. The van der Waals surface area contributed by atoms with Crippen LogP contribution < -0.4 is 0 Å². The summed E-state index contributed by atoms with van der Waals surface area (Å²) in [7, 11) is 0. The fraction of sp³-hybridized carbons (Fsp3) is 0.333. The Morgan fingerprint density at radius 3 is 2.46 bits per heavy atom. The number of nitrogens with zero attached hydrogens (tertiary/aromatic N) is 2. The molecule has 68 valence electrons. The maximum absolute atomic E-state index is 11.3. The van der Waals surface area contributed by atoms with Crippen molar-refractivity contribution in [1.82, 2.24) is 9.97 Å². The first-order chi connectivity index (χ1) is 6.24. The van der Waals surface area contributed by atoms with Crippen LogP contribution in [0, 0.1) is 0 Å². The summed E-state index contributed by atoms with van der Waals surface area (Å²) in [4.78, 5) is 29.7. The summed E-state index contributed by atoms with van der Waals surface area (Å²) < 4.78 is 0. The van der Waals surface area contributed by atoms with E-state index in [1.807, 2.05) is 0 Å². The van der Waals surface area contributed by atoms with Crippen molar-refractivity contribution in [3.8, 4) is 0 Å². The Balaban J connectivity index is 2.65. The van der Waals surface area contributed by atoms with Crippen LogP contribution in [0.5, 0.6) is 0 Å². The quantitative estimate of drug-likeness (QED) is 0.510. The third kappa shape index (κ3) is 2.74. The molecule has 0 saturated carbocycles. The molecule has 0 amide bonds. The molecule has 0 radical (unpaired) electrons. The molecule has 0 fully saturated rings. The van der Waals surface area contributed by atoms with Crippen molar-refractivity contribution in [3.63, 3.8) is 0 Å². The Hall–Kier alpha value is -1.58. The zero-order chi connectivity index (χ0) is 9.68. The molecule has 0 spiro atoms. The lowest BCUT2D eigenvalue weighted by Gasteiger charge is -1.95. The van der Waals surface area contributed by atoms with Gasteiger partial charge >= 0.3 is 0 Å². The molecule has 1 heterocycles. The van der Waals surface area contributed by atoms with Crippen LogP contribution in [0.15, 0.2) is 18.5 Å². The fourth-order valence-corrected chi connectivity index (χ4v) is 0.826. The largest absolute Gasteiger partial charge is 0.299 e. The van der Waals surface area contributed by atoms with Crippen LogP contribution in [-0.4, -0.2) is 21.5 Å². The number of Topliss-reactive ketones (excluding diaryl/α,β-unsaturated/α-hetero) is 2. The Kier molecular flexibility index (Phi) is 3.25. The fourth-order valence-electron chi connectivity index (χ4n) is 0.826. The highest BCUT2D eigenvalue weighted by Crippen LogP contribution is 1.97. The summed E-state index contributed by atoms with van der Waals surface area (Å²) in [5.41, 5.74) is 0. The Labute approximate surface area is 76.0 Å². The van der Waals surface area contributed by atoms with Crippen LogP contribution in [0.25, 0.3) is 0 Å². The molecular weight excluding hydrogens is 168 g/mol. The van der Waals surface area contributed by atoms with Gasteiger partial charge in [-0.3, -0.25) is 9.59 Å². The number of ketones is 2. The van der Waals surface area contributed by atoms with Gasteiger partial charge < -0.3 is 0 Å². The summed E-state index contributed by atoms with van der Waals surface area (Å²) in [6.45, 7) is 1.72. The van der Waals surface area contributed by atoms with E-state index >= 15 is 0 Å². The zero-order valence-electron chi connectivity index (χ0n) is 7.36. The van der Waals surface area contributed by atoms with Crippen LogP contribution >= 0.6 is 0 Å². The summed E-state index contributed by atoms with van der Waals surface area (Å²) in [5, 5.41) is 0. The second-order valence-electron chi connectivity index (χ2n) is 2.56. The van der Waals surface area contributed by atoms with E-state index in [4.69, 9.17) is 0 Å². The highest BCUT2D eigenvalue weighted by atomic mass is 16.1. The van der Waals surface area contributed by atoms with Crippen molar-refractivity contribution in [3.05, 3.63) is 24.3 Å². The van der Waals surface area contributed by atoms with E-state index in [1.54, 1.807) is 13.0 Å². The first-order valence-corrected chi connectivity index (χ1v) is 4.06. The van der Waals surface area contributed by atoms with E-state index in [-0.39, 0.29) is 23.8 Å². The summed E-state index contributed by atoms with van der Waals surface area (Å²) in [6, 6.07) is 1.62. The van der Waals surface area contributed by atoms with Crippen molar-refractivity contribution in [2.45, 2.75) is 19.8 Å². The van der Waals surface area contributed by atoms with Gasteiger partial charge in [0.1, 0.15) is 5.78 Å². The smallest absolute Gasteiger partial charge is 0.207 e. The number of hydrogen-bond acceptors (Lipinski definition) is 4. The highest BCUT2D eigenvalue weighted by molar-refractivity contribution is 6.05. The molecule has 0 aliphatic heterocycles. The zero-order valence-corrected chi connectivity index (χ0v) is 7.36. The lowest BCUT2D eigenvalue weighted by molar-refractivity contribution is -0.117. The number of aromatic nitrogens is 2. The molecule has 0 saturated heterocycles. The average Bonchev–Trinajstić information content (AvgIpc) is 2.19. The van der Waals surface area contributed by atoms with Gasteiger partial charge in [-0.15, -0.1) is 0 Å². The van der Waals surface area contributed by atoms with Gasteiger partial charge in [-0.2, -0.15) is 0 Å². The molecule has 1 aromatic rings. The molecule has 0 aromatic carbocycles. The number of rotatable bonds is 4. The van der Waals surface area contributed by atoms with Crippen LogP contribution in [0.3, 0.4) is 0 Å². The van der Waals surface area contributed by atoms with E-state index in [0.29, 0.717) is 6.42 Å². The van der Waals surface area contributed by atoms with E-state index in [2.05, 4.69) is 9.97 Å². The molecule has 4 heteroatoms. The van der Waals surface area contributed by atoms with Crippen molar-refractivity contribution in [2.24, 2.45) is 0 Å². The minimum absolute atomic E-state index is 0.0857. The van der Waals surface area contributed by atoms with Gasteiger partial charge in [0.15, 0.2) is 5.82 Å². The Morgan fingerprint density at radius 2 is 1.92 bits per heavy atom. The SMILES string of the molecule is CCC(=O)CC(=O)c1ncccn1. The predicted molar refractivity (Wildman–Crippen MR) is 46.3 cm³/mol. The van der Waals surface area contributed by atoms with E-state index in [1.165, 1.54) is 12.4 Å². The number of carbonyl (C=O) groups excluding carboxylic acids is 2. The molecule has 0 N–H and O–H groups in total. The summed E-state index contributed by atoms with van der Waals surface area (Å²) in [6.07, 6.45) is 3.24. The second kappa shape index (κ2) is 4.45. The van der Waals surface area contributed by atoms with Gasteiger partial charge in [-0.05, 0) is 6.07 Å². The molecule has 1 aromatic heterocycles. The van der Waals surface area contributed by atoms with Gasteiger partial charge in [0.25, 0.3) is 0 Å². The van der Waals surface area contributed by atoms with Crippen LogP contribution in [0.2, 0.25) is 0 Å². The topological polar surface area (TPSA) is 59.9 Å². The van der Waals surface area contributed by atoms with Gasteiger partial charge in [0, 0.05) is 18.8 Å². The molecule has 1 rings (SSSR count). The van der Waals surface area contributed by atoms with Gasteiger partial charge in [0.2, 0.25) is 5.78 Å². The maximum Gasteiger partial charge on any atom is 0.207 e. The maximum atomic E-state index is 11.3. The molecule has 0 unspecified atom stereocenters. The molecule has 0 aliphatic rings. The number of hydrogen-bond donors (Lipinski definition) is 0. The van der Waals surface area contributed by atoms with Gasteiger partial charge in [-0.25, -0.2) is 9.97 Å². The Bertz CT molecular complexity index is 309. The average molecular weight is 178 g/mol. The highest BCUT2D eigenvalue weighted by Gasteiger charge is 2.11. The number of carbonyl (C=O) groups is 2. The first kappa shape index (κ1) is 9.51. The molecule has 0 bridgehead atoms. The van der Waals surface area contributed by atoms with Crippen LogP contribution in [0.1, 0.15) is 30.4 Å². The lowest BCUT2D eigenvalue weighted by atomic mass is 10.1. The van der Waals surface area contributed by atoms with Crippen molar-refractivity contribution >= 4 is 11.6 Å². The molecule has 4 nitrogen and oxygen atoms in total. The van der Waals surface area contributed by atoms with Crippen LogP contribution in [-0.2, 0) is 4.79 Å². The first-order valence-electron chi connectivity index (χ1n) is 4.06. The summed E-state index contributed by atoms with van der Waals surface area (Å²) >= 11 is 0. The van der Waals surface area contributed by atoms with Crippen molar-refractivity contribution in [1.29, 1.82) is 0 Å². The van der Waals surface area contributed by atoms with E-state index < -0.39 is 0 Å². The molecule has 0 atom stereocenters. The minimum Gasteiger partial charge on any atom is -0.299 e. The van der Waals surface area contributed by atoms with Gasteiger partial charge in [-0.1, -0.05) is 6.92 Å². The lowest BCUT2D eigenvalue weighted by Crippen LogP contribution is -2.10. The van der Waals surface area contributed by atoms with E-state index in [0.717, 1.165) is 0 Å². The van der Waals surface area contributed by atoms with Gasteiger partial charge in [0.05, 0.1) is 6.42 Å². The molecule has 0 aliphatic carbocycles. The monoisotopic (exact) mass is 178 g/mol. The minimum atomic E-state index is -0.313. The van der Waals surface area contributed by atoms with Crippen LogP contribution in [0.4, 0.5) is 0 Å². The van der Waals surface area contributed by atoms with E-state index in [9.17, 15) is 9.59 Å². The molecular formula is C9H10N2O2. The third-order valence-corrected chi connectivity index (χ3v) is 1.57. The molecule has 13 heavy (non-hydrogen) atoms. The summed E-state index contributed by atoms with van der Waals surface area (Å²) in [5.74, 6) is -0.283. The standard InChI is InChI=1S/C9H10N2O2/c1-2-7(12)6-8(13)9-10-4-3-5-11-9/h3-5H,2,6H2,1H3. The van der Waals surface area contributed by atoms with Crippen molar-refractivity contribution in [2.75, 3.05) is 0 Å². The third-order valence-electron chi connectivity index (χ3n) is 1.57. The second-order valence-corrected chi connectivity index (χ2v) is 2.56. The normalized spacial score (nSPS) is 9.62. The van der Waals surface area contributed by atoms with Crippen molar-refractivity contribution < 1.29 is 9.59 Å². The Morgan fingerprint density at radius 1 is 1.31 bits per heavy atom.